The second-order valence-electron chi connectivity index (χ2n) is 4.17. The molecule has 0 aliphatic carbocycles. The Morgan fingerprint density at radius 1 is 1.25 bits per heavy atom. The molecule has 1 aromatic rings. The van der Waals surface area contributed by atoms with Gasteiger partial charge in [0.1, 0.15) is 0 Å². The Kier molecular flexibility index (Phi) is 6.58. The van der Waals surface area contributed by atoms with Crippen LogP contribution in [0.4, 0.5) is 0 Å². The first-order valence-electron chi connectivity index (χ1n) is 6.06. The first-order valence-corrected chi connectivity index (χ1v) is 7.22. The van der Waals surface area contributed by atoms with Gasteiger partial charge in [-0.15, -0.1) is 0 Å². The van der Waals surface area contributed by atoms with Gasteiger partial charge in [-0.05, 0) is 35.8 Å². The number of rotatable bonds is 7. The van der Waals surface area contributed by atoms with Crippen LogP contribution < -0.4 is 0 Å². The molecule has 0 fully saturated rings. The van der Waals surface area contributed by atoms with Crippen molar-refractivity contribution in [3.63, 3.8) is 0 Å². The number of hydrogen-bond acceptors (Lipinski definition) is 2. The maximum atomic E-state index is 10.1. The highest BCUT2D eigenvalue weighted by atomic mass is 32.2. The zero-order valence-corrected chi connectivity index (χ0v) is 11.0. The van der Waals surface area contributed by atoms with Crippen molar-refractivity contribution in [2.45, 2.75) is 32.8 Å². The largest absolute Gasteiger partial charge is 0.388 e. The fraction of sp³-hybridized carbons (Fsp3) is 0.571. The summed E-state index contributed by atoms with van der Waals surface area (Å²) in [7, 11) is 0. The summed E-state index contributed by atoms with van der Waals surface area (Å²) in [5.74, 6) is 2.75. The average molecular weight is 238 g/mol. The zero-order valence-electron chi connectivity index (χ0n) is 10.2. The van der Waals surface area contributed by atoms with Crippen LogP contribution in [0.2, 0.25) is 0 Å². The molecule has 1 nitrogen and oxygen atoms in total. The summed E-state index contributed by atoms with van der Waals surface area (Å²) >= 11 is 1.98. The van der Waals surface area contributed by atoms with Gasteiger partial charge >= 0.3 is 0 Å². The summed E-state index contributed by atoms with van der Waals surface area (Å²) in [6.45, 7) is 4.32. The Hall–Kier alpha value is -0.470. The Labute approximate surface area is 103 Å². The smallest absolute Gasteiger partial charge is 0.0815 e. The van der Waals surface area contributed by atoms with Crippen molar-refractivity contribution >= 4 is 11.8 Å². The van der Waals surface area contributed by atoms with E-state index in [-0.39, 0.29) is 6.10 Å². The topological polar surface area (TPSA) is 20.2 Å². The van der Waals surface area contributed by atoms with Gasteiger partial charge in [-0.3, -0.25) is 0 Å². The molecule has 0 aromatic heterocycles. The minimum absolute atomic E-state index is 0.312. The predicted molar refractivity (Wildman–Crippen MR) is 72.8 cm³/mol. The van der Waals surface area contributed by atoms with Crippen molar-refractivity contribution in [1.29, 1.82) is 0 Å². The molecular formula is C14H22OS. The SMILES string of the molecule is CCSCCCC(C)C(O)c1ccccc1. The first-order chi connectivity index (χ1) is 7.75. The van der Waals surface area contributed by atoms with E-state index in [4.69, 9.17) is 0 Å². The minimum Gasteiger partial charge on any atom is -0.388 e. The Morgan fingerprint density at radius 3 is 2.56 bits per heavy atom. The Balaban J connectivity index is 2.33. The van der Waals surface area contributed by atoms with E-state index in [9.17, 15) is 5.11 Å². The number of aliphatic hydroxyl groups is 1. The Morgan fingerprint density at radius 2 is 1.94 bits per heavy atom. The van der Waals surface area contributed by atoms with Gasteiger partial charge in [-0.25, -0.2) is 0 Å². The van der Waals surface area contributed by atoms with Crippen LogP contribution in [0, 0.1) is 5.92 Å². The van der Waals surface area contributed by atoms with E-state index in [1.54, 1.807) is 0 Å². The number of aliphatic hydroxyl groups excluding tert-OH is 1. The molecule has 0 saturated heterocycles. The van der Waals surface area contributed by atoms with Crippen LogP contribution in [-0.4, -0.2) is 16.6 Å². The summed E-state index contributed by atoms with van der Waals surface area (Å²) in [5.41, 5.74) is 1.04. The molecule has 1 rings (SSSR count). The van der Waals surface area contributed by atoms with Gasteiger partial charge in [0.25, 0.3) is 0 Å². The number of hydrogen-bond donors (Lipinski definition) is 1. The van der Waals surface area contributed by atoms with Crippen molar-refractivity contribution in [3.8, 4) is 0 Å². The quantitative estimate of drug-likeness (QED) is 0.727. The molecule has 1 N–H and O–H groups in total. The van der Waals surface area contributed by atoms with E-state index in [0.29, 0.717) is 5.92 Å². The summed E-state index contributed by atoms with van der Waals surface area (Å²) in [6, 6.07) is 9.96. The molecule has 16 heavy (non-hydrogen) atoms. The predicted octanol–water partition coefficient (Wildman–Crippen LogP) is 3.89. The van der Waals surface area contributed by atoms with Crippen molar-refractivity contribution in [1.82, 2.24) is 0 Å². The van der Waals surface area contributed by atoms with Gasteiger partial charge in [-0.2, -0.15) is 11.8 Å². The third kappa shape index (κ3) is 4.58. The van der Waals surface area contributed by atoms with Crippen molar-refractivity contribution < 1.29 is 5.11 Å². The molecule has 0 amide bonds. The third-order valence-corrected chi connectivity index (χ3v) is 3.82. The fourth-order valence-electron chi connectivity index (χ4n) is 1.79. The van der Waals surface area contributed by atoms with E-state index in [2.05, 4.69) is 13.8 Å². The molecule has 0 saturated carbocycles. The molecule has 90 valence electrons. The van der Waals surface area contributed by atoms with E-state index in [1.807, 2.05) is 42.1 Å². The van der Waals surface area contributed by atoms with E-state index >= 15 is 0 Å². The highest BCUT2D eigenvalue weighted by molar-refractivity contribution is 7.99. The molecular weight excluding hydrogens is 216 g/mol. The Bertz CT molecular complexity index is 273. The third-order valence-electron chi connectivity index (χ3n) is 2.83. The second-order valence-corrected chi connectivity index (χ2v) is 5.57. The summed E-state index contributed by atoms with van der Waals surface area (Å²) < 4.78 is 0. The zero-order chi connectivity index (χ0) is 11.8. The lowest BCUT2D eigenvalue weighted by Crippen LogP contribution is -2.09. The molecule has 2 unspecified atom stereocenters. The van der Waals surface area contributed by atoms with Gasteiger partial charge in [0.15, 0.2) is 0 Å². The molecule has 0 radical (unpaired) electrons. The molecule has 0 spiro atoms. The average Bonchev–Trinajstić information content (AvgIpc) is 2.34. The number of benzene rings is 1. The van der Waals surface area contributed by atoms with Gasteiger partial charge in [-0.1, -0.05) is 44.2 Å². The lowest BCUT2D eigenvalue weighted by atomic mass is 9.94. The van der Waals surface area contributed by atoms with Gasteiger partial charge < -0.3 is 5.11 Å². The number of thioether (sulfide) groups is 1. The van der Waals surface area contributed by atoms with Crippen molar-refractivity contribution in [2.24, 2.45) is 5.92 Å². The van der Waals surface area contributed by atoms with Gasteiger partial charge in [0.2, 0.25) is 0 Å². The molecule has 0 bridgehead atoms. The summed E-state index contributed by atoms with van der Waals surface area (Å²) in [6.07, 6.45) is 1.99. The fourth-order valence-corrected chi connectivity index (χ4v) is 2.45. The second kappa shape index (κ2) is 7.75. The highest BCUT2D eigenvalue weighted by Crippen LogP contribution is 2.25. The van der Waals surface area contributed by atoms with E-state index in [0.717, 1.165) is 12.0 Å². The highest BCUT2D eigenvalue weighted by Gasteiger charge is 2.15. The minimum atomic E-state index is -0.312. The summed E-state index contributed by atoms with van der Waals surface area (Å²) in [4.78, 5) is 0. The normalized spacial score (nSPS) is 14.7. The van der Waals surface area contributed by atoms with Crippen LogP contribution in [-0.2, 0) is 0 Å². The molecule has 1 aromatic carbocycles. The van der Waals surface area contributed by atoms with Gasteiger partial charge in [0, 0.05) is 0 Å². The van der Waals surface area contributed by atoms with Gasteiger partial charge in [0.05, 0.1) is 6.10 Å². The molecule has 0 aliphatic rings. The van der Waals surface area contributed by atoms with Crippen LogP contribution in [0.1, 0.15) is 38.4 Å². The maximum absolute atomic E-state index is 10.1. The molecule has 0 heterocycles. The van der Waals surface area contributed by atoms with Crippen molar-refractivity contribution in [3.05, 3.63) is 35.9 Å². The van der Waals surface area contributed by atoms with E-state index < -0.39 is 0 Å². The van der Waals surface area contributed by atoms with Crippen LogP contribution in [0.3, 0.4) is 0 Å². The van der Waals surface area contributed by atoms with Crippen LogP contribution >= 0.6 is 11.8 Å². The van der Waals surface area contributed by atoms with Crippen LogP contribution in [0.25, 0.3) is 0 Å². The van der Waals surface area contributed by atoms with E-state index in [1.165, 1.54) is 17.9 Å². The van der Waals surface area contributed by atoms with Crippen LogP contribution in [0.5, 0.6) is 0 Å². The monoisotopic (exact) mass is 238 g/mol. The lowest BCUT2D eigenvalue weighted by molar-refractivity contribution is 0.112. The maximum Gasteiger partial charge on any atom is 0.0815 e. The standard InChI is InChI=1S/C14H22OS/c1-3-16-11-7-8-12(2)14(15)13-9-5-4-6-10-13/h4-6,9-10,12,14-15H,3,7-8,11H2,1-2H3. The molecule has 2 atom stereocenters. The van der Waals surface area contributed by atoms with Crippen molar-refractivity contribution in [2.75, 3.05) is 11.5 Å². The van der Waals surface area contributed by atoms with Crippen LogP contribution in [0.15, 0.2) is 30.3 Å². The first kappa shape index (κ1) is 13.6. The molecule has 0 aliphatic heterocycles. The summed E-state index contributed by atoms with van der Waals surface area (Å²) in [5, 5.41) is 10.1. The lowest BCUT2D eigenvalue weighted by Gasteiger charge is -2.18. The molecule has 2 heteroatoms.